The molecule has 0 saturated carbocycles. The van der Waals surface area contributed by atoms with Crippen molar-refractivity contribution in [1.82, 2.24) is 9.97 Å². The van der Waals surface area contributed by atoms with Crippen LogP contribution in [0.25, 0.3) is 22.1 Å². The third kappa shape index (κ3) is 3.52. The van der Waals surface area contributed by atoms with Crippen LogP contribution in [0.2, 0.25) is 0 Å². The molecule has 28 heavy (non-hydrogen) atoms. The molecule has 0 bridgehead atoms. The van der Waals surface area contributed by atoms with Crippen molar-refractivity contribution in [3.05, 3.63) is 64.5 Å². The van der Waals surface area contributed by atoms with Crippen LogP contribution in [0.3, 0.4) is 0 Å². The third-order valence-electron chi connectivity index (χ3n) is 3.98. The van der Waals surface area contributed by atoms with E-state index in [2.05, 4.69) is 15.3 Å². The number of thioether (sulfide) groups is 1. The fraction of sp³-hybridized carbons (Fsp3) is 0.105. The van der Waals surface area contributed by atoms with Crippen LogP contribution in [-0.2, 0) is 4.79 Å². The molecule has 140 valence electrons. The van der Waals surface area contributed by atoms with Crippen molar-refractivity contribution in [2.75, 3.05) is 11.1 Å². The number of anilines is 1. The zero-order chi connectivity index (χ0) is 19.7. The lowest BCUT2D eigenvalue weighted by Gasteiger charge is -2.05. The molecule has 0 aliphatic rings. The molecule has 0 aliphatic heterocycles. The number of carbonyl (C=O) groups excluding carboxylic acids is 1. The number of fused-ring (bicyclic) bond motifs is 3. The highest BCUT2D eigenvalue weighted by atomic mass is 32.2. The molecule has 8 nitrogen and oxygen atoms in total. The molecule has 1 N–H and O–H groups in total. The van der Waals surface area contributed by atoms with Crippen molar-refractivity contribution in [3.8, 4) is 0 Å². The van der Waals surface area contributed by atoms with E-state index in [4.69, 9.17) is 4.42 Å². The number of nitrogens with zero attached hydrogens (tertiary/aromatic N) is 3. The van der Waals surface area contributed by atoms with Gasteiger partial charge in [0.05, 0.1) is 10.7 Å². The number of nitro groups is 1. The van der Waals surface area contributed by atoms with Gasteiger partial charge in [-0.05, 0) is 25.1 Å². The Balaban J connectivity index is 1.55. The minimum Gasteiger partial charge on any atom is -0.451 e. The van der Waals surface area contributed by atoms with E-state index in [9.17, 15) is 14.9 Å². The van der Waals surface area contributed by atoms with Gasteiger partial charge in [-0.15, -0.1) is 0 Å². The first-order valence-electron chi connectivity index (χ1n) is 8.34. The number of hydrogen-bond donors (Lipinski definition) is 1. The maximum Gasteiger partial charge on any atom is 0.271 e. The number of nitro benzene ring substituents is 1. The van der Waals surface area contributed by atoms with E-state index >= 15 is 0 Å². The first kappa shape index (κ1) is 17.9. The summed E-state index contributed by atoms with van der Waals surface area (Å²) in [4.78, 5) is 31.5. The molecule has 4 aromatic rings. The number of furan rings is 1. The molecule has 0 unspecified atom stereocenters. The van der Waals surface area contributed by atoms with Crippen LogP contribution in [0.4, 0.5) is 11.4 Å². The van der Waals surface area contributed by atoms with E-state index in [0.29, 0.717) is 33.2 Å². The molecule has 0 spiro atoms. The predicted octanol–water partition coefficient (Wildman–Crippen LogP) is 4.32. The smallest absolute Gasteiger partial charge is 0.271 e. The maximum atomic E-state index is 12.3. The summed E-state index contributed by atoms with van der Waals surface area (Å²) in [6, 6.07) is 13.4. The fourth-order valence-electron chi connectivity index (χ4n) is 2.80. The van der Waals surface area contributed by atoms with Crippen LogP contribution in [0.5, 0.6) is 0 Å². The van der Waals surface area contributed by atoms with E-state index in [0.717, 1.165) is 5.39 Å². The Morgan fingerprint density at radius 3 is 2.86 bits per heavy atom. The Labute approximate surface area is 163 Å². The largest absolute Gasteiger partial charge is 0.451 e. The van der Waals surface area contributed by atoms with E-state index in [-0.39, 0.29) is 17.3 Å². The van der Waals surface area contributed by atoms with Crippen molar-refractivity contribution < 1.29 is 14.1 Å². The Bertz CT molecular complexity index is 1220. The molecule has 0 saturated heterocycles. The standard InChI is InChI=1S/C19H14N4O4S/c1-11-20-17-14-7-2-3-8-15(14)27-18(17)19(21-11)28-10-16(24)22-12-5-4-6-13(9-12)23(25)26/h2-9H,10H2,1H3,(H,22,24). The molecule has 2 aromatic carbocycles. The number of aromatic nitrogens is 2. The summed E-state index contributed by atoms with van der Waals surface area (Å²) in [6.45, 7) is 1.79. The van der Waals surface area contributed by atoms with E-state index in [1.165, 1.54) is 30.0 Å². The summed E-state index contributed by atoms with van der Waals surface area (Å²) < 4.78 is 5.88. The topological polar surface area (TPSA) is 111 Å². The number of rotatable bonds is 5. The fourth-order valence-corrected chi connectivity index (χ4v) is 3.60. The molecular formula is C19H14N4O4S. The van der Waals surface area contributed by atoms with Crippen molar-refractivity contribution in [1.29, 1.82) is 0 Å². The van der Waals surface area contributed by atoms with Crippen LogP contribution in [0, 0.1) is 17.0 Å². The SMILES string of the molecule is Cc1nc(SCC(=O)Nc2cccc([N+](=O)[O-])c2)c2oc3ccccc3c2n1. The molecule has 0 atom stereocenters. The Morgan fingerprint density at radius 1 is 1.21 bits per heavy atom. The molecule has 0 radical (unpaired) electrons. The summed E-state index contributed by atoms with van der Waals surface area (Å²) in [5.74, 6) is 0.359. The second-order valence-corrected chi connectivity index (χ2v) is 6.96. The first-order chi connectivity index (χ1) is 13.5. The van der Waals surface area contributed by atoms with Gasteiger partial charge in [0.25, 0.3) is 5.69 Å². The summed E-state index contributed by atoms with van der Waals surface area (Å²) >= 11 is 1.23. The molecule has 2 aromatic heterocycles. The Morgan fingerprint density at radius 2 is 2.04 bits per heavy atom. The van der Waals surface area contributed by atoms with Crippen LogP contribution < -0.4 is 5.32 Å². The van der Waals surface area contributed by atoms with Crippen LogP contribution in [0.1, 0.15) is 5.82 Å². The van der Waals surface area contributed by atoms with Crippen molar-refractivity contribution in [2.24, 2.45) is 0 Å². The van der Waals surface area contributed by atoms with E-state index in [1.54, 1.807) is 13.0 Å². The van der Waals surface area contributed by atoms with Gasteiger partial charge < -0.3 is 9.73 Å². The summed E-state index contributed by atoms with van der Waals surface area (Å²) in [6.07, 6.45) is 0. The van der Waals surface area contributed by atoms with Gasteiger partial charge in [0, 0.05) is 23.2 Å². The number of benzene rings is 2. The highest BCUT2D eigenvalue weighted by Gasteiger charge is 2.16. The number of nitrogens with one attached hydrogen (secondary N) is 1. The second kappa shape index (κ2) is 7.28. The average Bonchev–Trinajstić information content (AvgIpc) is 3.05. The van der Waals surface area contributed by atoms with E-state index in [1.807, 2.05) is 24.3 Å². The Kier molecular flexibility index (Phi) is 4.66. The number of amides is 1. The summed E-state index contributed by atoms with van der Waals surface area (Å²) in [5, 5.41) is 15.0. The van der Waals surface area contributed by atoms with Gasteiger partial charge in [0.2, 0.25) is 5.91 Å². The van der Waals surface area contributed by atoms with Gasteiger partial charge in [0.1, 0.15) is 22.0 Å². The first-order valence-corrected chi connectivity index (χ1v) is 9.33. The average molecular weight is 394 g/mol. The predicted molar refractivity (Wildman–Crippen MR) is 106 cm³/mol. The lowest BCUT2D eigenvalue weighted by molar-refractivity contribution is -0.384. The lowest BCUT2D eigenvalue weighted by atomic mass is 10.2. The van der Waals surface area contributed by atoms with Gasteiger partial charge >= 0.3 is 0 Å². The molecule has 0 aliphatic carbocycles. The minimum atomic E-state index is -0.508. The van der Waals surface area contributed by atoms with Gasteiger partial charge in [-0.2, -0.15) is 0 Å². The summed E-state index contributed by atoms with van der Waals surface area (Å²) in [7, 11) is 0. The highest BCUT2D eigenvalue weighted by molar-refractivity contribution is 8.00. The highest BCUT2D eigenvalue weighted by Crippen LogP contribution is 2.33. The van der Waals surface area contributed by atoms with Gasteiger partial charge in [-0.3, -0.25) is 14.9 Å². The number of hydrogen-bond acceptors (Lipinski definition) is 7. The van der Waals surface area contributed by atoms with Crippen molar-refractivity contribution in [3.63, 3.8) is 0 Å². The Hall–Kier alpha value is -3.46. The number of non-ortho nitro benzene ring substituents is 1. The minimum absolute atomic E-state index is 0.0747. The number of para-hydroxylation sites is 1. The van der Waals surface area contributed by atoms with Crippen molar-refractivity contribution >= 4 is 51.1 Å². The van der Waals surface area contributed by atoms with Gasteiger partial charge in [-0.1, -0.05) is 30.0 Å². The maximum absolute atomic E-state index is 12.3. The molecule has 9 heteroatoms. The number of carbonyl (C=O) groups is 1. The normalized spacial score (nSPS) is 11.0. The van der Waals surface area contributed by atoms with Gasteiger partial charge in [0.15, 0.2) is 5.58 Å². The third-order valence-corrected chi connectivity index (χ3v) is 4.94. The number of aryl methyl sites for hydroxylation is 1. The molecule has 2 heterocycles. The zero-order valence-electron chi connectivity index (χ0n) is 14.7. The summed E-state index contributed by atoms with van der Waals surface area (Å²) in [5.41, 5.74) is 2.25. The quantitative estimate of drug-likeness (QED) is 0.232. The molecule has 0 fully saturated rings. The second-order valence-electron chi connectivity index (χ2n) is 6.00. The van der Waals surface area contributed by atoms with Crippen LogP contribution >= 0.6 is 11.8 Å². The van der Waals surface area contributed by atoms with Gasteiger partial charge in [-0.25, -0.2) is 9.97 Å². The van der Waals surface area contributed by atoms with Crippen LogP contribution in [-0.4, -0.2) is 26.6 Å². The van der Waals surface area contributed by atoms with Crippen molar-refractivity contribution in [2.45, 2.75) is 11.9 Å². The van der Waals surface area contributed by atoms with Crippen LogP contribution in [0.15, 0.2) is 58.0 Å². The zero-order valence-corrected chi connectivity index (χ0v) is 15.5. The van der Waals surface area contributed by atoms with E-state index < -0.39 is 4.92 Å². The molecular weight excluding hydrogens is 380 g/mol. The monoisotopic (exact) mass is 394 g/mol. The lowest BCUT2D eigenvalue weighted by Crippen LogP contribution is -2.14. The molecule has 1 amide bonds. The molecule has 4 rings (SSSR count).